The Bertz CT molecular complexity index is 1180. The van der Waals surface area contributed by atoms with E-state index < -0.39 is 12.7 Å². The molecule has 0 bridgehead atoms. The maximum absolute atomic E-state index is 12.5. The second kappa shape index (κ2) is 12.4. The number of halogens is 3. The summed E-state index contributed by atoms with van der Waals surface area (Å²) in [5, 5.41) is 18.1. The molecule has 0 atom stereocenters. The molecule has 3 rings (SSSR count). The van der Waals surface area contributed by atoms with E-state index in [-0.39, 0.29) is 5.75 Å². The molecule has 36 heavy (non-hydrogen) atoms. The van der Waals surface area contributed by atoms with Crippen molar-refractivity contribution in [2.24, 2.45) is 0 Å². The zero-order valence-electron chi connectivity index (χ0n) is 20.1. The largest absolute Gasteiger partial charge is 0.573 e. The van der Waals surface area contributed by atoms with Gasteiger partial charge in [-0.3, -0.25) is 0 Å². The van der Waals surface area contributed by atoms with Crippen molar-refractivity contribution < 1.29 is 32.9 Å². The Labute approximate surface area is 207 Å². The van der Waals surface area contributed by atoms with Crippen molar-refractivity contribution in [3.8, 4) is 22.9 Å². The van der Waals surface area contributed by atoms with Crippen LogP contribution in [0.3, 0.4) is 0 Å². The molecule has 3 aromatic rings. The molecule has 0 saturated carbocycles. The molecule has 0 aliphatic heterocycles. The van der Waals surface area contributed by atoms with Crippen molar-refractivity contribution in [3.63, 3.8) is 0 Å². The van der Waals surface area contributed by atoms with Crippen LogP contribution >= 0.6 is 0 Å². The highest BCUT2D eigenvalue weighted by molar-refractivity contribution is 5.58. The highest BCUT2D eigenvalue weighted by atomic mass is 19.4. The lowest BCUT2D eigenvalue weighted by Gasteiger charge is -2.15. The second-order valence-corrected chi connectivity index (χ2v) is 8.10. The SMILES string of the molecule is CCCC(/C=C/C(O)O)=C\COc1ccccc1Cn1c(C)cnc1-c1ccc(OC(F)(F)F)cc1. The number of para-hydroxylation sites is 1. The smallest absolute Gasteiger partial charge is 0.489 e. The fourth-order valence-electron chi connectivity index (χ4n) is 3.63. The van der Waals surface area contributed by atoms with Crippen molar-refractivity contribution in [1.82, 2.24) is 9.55 Å². The van der Waals surface area contributed by atoms with Gasteiger partial charge in [-0.25, -0.2) is 4.98 Å². The Morgan fingerprint density at radius 1 is 1.11 bits per heavy atom. The van der Waals surface area contributed by atoms with Crippen molar-refractivity contribution in [2.75, 3.05) is 6.61 Å². The third kappa shape index (κ3) is 8.00. The number of imidazole rings is 1. The van der Waals surface area contributed by atoms with E-state index in [9.17, 15) is 13.2 Å². The average molecular weight is 503 g/mol. The lowest BCUT2D eigenvalue weighted by atomic mass is 10.1. The van der Waals surface area contributed by atoms with Crippen LogP contribution in [0.5, 0.6) is 11.5 Å². The summed E-state index contributed by atoms with van der Waals surface area (Å²) in [4.78, 5) is 4.46. The molecule has 0 saturated heterocycles. The van der Waals surface area contributed by atoms with Gasteiger partial charge in [-0.1, -0.05) is 37.6 Å². The molecule has 6 nitrogen and oxygen atoms in total. The van der Waals surface area contributed by atoms with Crippen LogP contribution < -0.4 is 9.47 Å². The summed E-state index contributed by atoms with van der Waals surface area (Å²) in [7, 11) is 0. The molecular weight excluding hydrogens is 473 g/mol. The number of benzene rings is 2. The Balaban J connectivity index is 1.78. The lowest BCUT2D eigenvalue weighted by molar-refractivity contribution is -0.274. The molecule has 0 amide bonds. The first-order chi connectivity index (χ1) is 17.2. The number of hydrogen-bond acceptors (Lipinski definition) is 5. The van der Waals surface area contributed by atoms with Gasteiger partial charge in [0.05, 0.1) is 6.54 Å². The first-order valence-corrected chi connectivity index (χ1v) is 11.5. The van der Waals surface area contributed by atoms with Gasteiger partial charge in [0, 0.05) is 23.0 Å². The van der Waals surface area contributed by atoms with Crippen LogP contribution in [0.25, 0.3) is 11.4 Å². The van der Waals surface area contributed by atoms with Crippen molar-refractivity contribution in [3.05, 3.63) is 89.8 Å². The standard InChI is InChI=1S/C27H29F3N2O4/c1-3-6-20(9-14-25(33)34)15-16-35-24-8-5-4-7-22(24)18-32-19(2)17-31-26(32)21-10-12-23(13-11-21)36-27(28,29)30/h4-5,7-15,17,25,33-34H,3,6,16,18H2,1-2H3/b14-9+,20-15+. The number of nitrogens with zero attached hydrogens (tertiary/aromatic N) is 2. The fraction of sp³-hybridized carbons (Fsp3) is 0.296. The molecule has 192 valence electrons. The van der Waals surface area contributed by atoms with Crippen LogP contribution in [0.4, 0.5) is 13.2 Å². The number of aliphatic hydroxyl groups is 2. The molecule has 0 spiro atoms. The van der Waals surface area contributed by atoms with Crippen LogP contribution in [0.15, 0.2) is 78.5 Å². The molecule has 9 heteroatoms. The van der Waals surface area contributed by atoms with Crippen molar-refractivity contribution >= 4 is 0 Å². The summed E-state index contributed by atoms with van der Waals surface area (Å²) in [5.74, 6) is 1.00. The van der Waals surface area contributed by atoms with E-state index in [1.807, 2.05) is 48.8 Å². The lowest BCUT2D eigenvalue weighted by Crippen LogP contribution is -2.17. The van der Waals surface area contributed by atoms with Crippen LogP contribution in [-0.4, -0.2) is 39.0 Å². The minimum absolute atomic E-state index is 0.293. The molecule has 0 aliphatic carbocycles. The first kappa shape index (κ1) is 27.0. The Morgan fingerprint density at radius 2 is 1.83 bits per heavy atom. The van der Waals surface area contributed by atoms with E-state index in [4.69, 9.17) is 14.9 Å². The molecule has 0 radical (unpaired) electrons. The third-order valence-electron chi connectivity index (χ3n) is 5.31. The normalized spacial score (nSPS) is 12.5. The van der Waals surface area contributed by atoms with Gasteiger partial charge < -0.3 is 24.3 Å². The van der Waals surface area contributed by atoms with Crippen molar-refractivity contribution in [1.29, 1.82) is 0 Å². The molecule has 2 aromatic carbocycles. The van der Waals surface area contributed by atoms with Crippen LogP contribution in [0, 0.1) is 6.92 Å². The zero-order chi connectivity index (χ0) is 26.1. The number of aliphatic hydroxyl groups excluding tert-OH is 1. The predicted molar refractivity (Wildman–Crippen MR) is 130 cm³/mol. The molecule has 0 aliphatic rings. The number of ether oxygens (including phenoxy) is 2. The van der Waals surface area contributed by atoms with E-state index in [2.05, 4.69) is 9.72 Å². The van der Waals surface area contributed by atoms with Gasteiger partial charge in [0.2, 0.25) is 0 Å². The molecule has 1 heterocycles. The van der Waals surface area contributed by atoms with E-state index in [1.165, 1.54) is 18.2 Å². The first-order valence-electron chi connectivity index (χ1n) is 11.5. The van der Waals surface area contributed by atoms with Gasteiger partial charge in [0.15, 0.2) is 6.29 Å². The average Bonchev–Trinajstić information content (AvgIpc) is 3.18. The summed E-state index contributed by atoms with van der Waals surface area (Å²) in [6.45, 7) is 4.69. The zero-order valence-corrected chi connectivity index (χ0v) is 20.1. The number of hydrogen-bond donors (Lipinski definition) is 2. The van der Waals surface area contributed by atoms with E-state index in [0.717, 1.165) is 29.7 Å². The summed E-state index contributed by atoms with van der Waals surface area (Å²) in [5.41, 5.74) is 3.38. The quantitative estimate of drug-likeness (QED) is 0.257. The van der Waals surface area contributed by atoms with Gasteiger partial charge in [0.1, 0.15) is 23.9 Å². The highest BCUT2D eigenvalue weighted by Crippen LogP contribution is 2.28. The summed E-state index contributed by atoms with van der Waals surface area (Å²) < 4.78 is 49.4. The number of aryl methyl sites for hydroxylation is 1. The van der Waals surface area contributed by atoms with E-state index in [0.29, 0.717) is 30.3 Å². The summed E-state index contributed by atoms with van der Waals surface area (Å²) in [6.07, 6.45) is 2.02. The van der Waals surface area contributed by atoms with Crippen LogP contribution in [0.2, 0.25) is 0 Å². The third-order valence-corrected chi connectivity index (χ3v) is 5.31. The molecule has 2 N–H and O–H groups in total. The number of alkyl halides is 3. The summed E-state index contributed by atoms with van der Waals surface area (Å²) in [6, 6.07) is 13.2. The van der Waals surface area contributed by atoms with Gasteiger partial charge in [0.25, 0.3) is 0 Å². The van der Waals surface area contributed by atoms with E-state index in [1.54, 1.807) is 24.4 Å². The highest BCUT2D eigenvalue weighted by Gasteiger charge is 2.31. The summed E-state index contributed by atoms with van der Waals surface area (Å²) >= 11 is 0. The fourth-order valence-corrected chi connectivity index (χ4v) is 3.63. The van der Waals surface area contributed by atoms with Gasteiger partial charge in [-0.15, -0.1) is 13.2 Å². The molecule has 1 aromatic heterocycles. The number of allylic oxidation sites excluding steroid dienone is 2. The maximum Gasteiger partial charge on any atom is 0.573 e. The Morgan fingerprint density at radius 3 is 2.50 bits per heavy atom. The topological polar surface area (TPSA) is 76.7 Å². The molecular formula is C27H29F3N2O4. The maximum atomic E-state index is 12.5. The second-order valence-electron chi connectivity index (χ2n) is 8.10. The minimum atomic E-state index is -4.75. The Kier molecular flexibility index (Phi) is 9.32. The van der Waals surface area contributed by atoms with Gasteiger partial charge >= 0.3 is 6.36 Å². The number of rotatable bonds is 11. The molecule has 0 fully saturated rings. The van der Waals surface area contributed by atoms with E-state index >= 15 is 0 Å². The van der Waals surface area contributed by atoms with Gasteiger partial charge in [-0.05, 0) is 61.4 Å². The number of aromatic nitrogens is 2. The molecule has 0 unspecified atom stereocenters. The monoisotopic (exact) mass is 502 g/mol. The predicted octanol–water partition coefficient (Wildman–Crippen LogP) is 5.78. The Hall–Kier alpha value is -3.56. The van der Waals surface area contributed by atoms with Crippen molar-refractivity contribution in [2.45, 2.75) is 45.9 Å². The minimum Gasteiger partial charge on any atom is -0.489 e. The van der Waals surface area contributed by atoms with Gasteiger partial charge in [-0.2, -0.15) is 0 Å². The van der Waals surface area contributed by atoms with Crippen LogP contribution in [0.1, 0.15) is 31.0 Å². The van der Waals surface area contributed by atoms with Crippen LogP contribution in [-0.2, 0) is 6.54 Å².